The smallest absolute Gasteiger partial charge is 0.255 e. The van der Waals surface area contributed by atoms with E-state index in [-0.39, 0.29) is 11.8 Å². The first kappa shape index (κ1) is 28.9. The molecule has 2 N–H and O–H groups in total. The van der Waals surface area contributed by atoms with E-state index < -0.39 is 5.25 Å². The molecular formula is C33H29N3O4S2. The highest BCUT2D eigenvalue weighted by molar-refractivity contribution is 8.00. The van der Waals surface area contributed by atoms with Crippen molar-refractivity contribution < 1.29 is 19.1 Å². The number of methoxy groups -OCH3 is 2. The number of thioether (sulfide) groups is 1. The number of hydrogen-bond acceptors (Lipinski definition) is 7. The molecular weight excluding hydrogens is 567 g/mol. The predicted molar refractivity (Wildman–Crippen MR) is 170 cm³/mol. The number of ether oxygens (including phenoxy) is 2. The summed E-state index contributed by atoms with van der Waals surface area (Å²) in [5.41, 5.74) is 4.88. The van der Waals surface area contributed by atoms with Crippen molar-refractivity contribution >= 4 is 45.7 Å². The van der Waals surface area contributed by atoms with Crippen LogP contribution in [-0.2, 0) is 4.79 Å². The van der Waals surface area contributed by atoms with Crippen molar-refractivity contribution in [3.05, 3.63) is 119 Å². The molecule has 1 aromatic heterocycles. The monoisotopic (exact) mass is 595 g/mol. The van der Waals surface area contributed by atoms with Crippen LogP contribution >= 0.6 is 23.1 Å². The SMILES string of the molecule is COc1ccc(C(=O)Nc2cccc(SC(C(=O)Nc3nc(-c4ccc(C)cc4)cs3)c3ccccc3)c2)cc1OC. The number of nitrogens with zero attached hydrogens (tertiary/aromatic N) is 1. The van der Waals surface area contributed by atoms with Crippen LogP contribution in [0.15, 0.2) is 107 Å². The van der Waals surface area contributed by atoms with Crippen LogP contribution < -0.4 is 20.1 Å². The fourth-order valence-corrected chi connectivity index (χ4v) is 6.03. The summed E-state index contributed by atoms with van der Waals surface area (Å²) in [7, 11) is 3.07. The fraction of sp³-hybridized carbons (Fsp3) is 0.121. The molecule has 0 saturated carbocycles. The molecule has 1 heterocycles. The van der Waals surface area contributed by atoms with Crippen LogP contribution in [0.25, 0.3) is 11.3 Å². The number of aryl methyl sites for hydroxylation is 1. The summed E-state index contributed by atoms with van der Waals surface area (Å²) in [6.45, 7) is 2.04. The minimum absolute atomic E-state index is 0.184. The second kappa shape index (κ2) is 13.4. The van der Waals surface area contributed by atoms with E-state index in [0.29, 0.717) is 27.9 Å². The molecule has 9 heteroatoms. The van der Waals surface area contributed by atoms with Crippen LogP contribution in [-0.4, -0.2) is 31.0 Å². The number of amides is 2. The molecule has 42 heavy (non-hydrogen) atoms. The van der Waals surface area contributed by atoms with Gasteiger partial charge in [0.05, 0.1) is 19.9 Å². The van der Waals surface area contributed by atoms with Gasteiger partial charge in [0.15, 0.2) is 16.6 Å². The average Bonchev–Trinajstić information content (AvgIpc) is 3.48. The van der Waals surface area contributed by atoms with E-state index in [1.165, 1.54) is 35.8 Å². The van der Waals surface area contributed by atoms with E-state index in [1.54, 1.807) is 25.3 Å². The van der Waals surface area contributed by atoms with Crippen molar-refractivity contribution in [2.45, 2.75) is 17.1 Å². The Morgan fingerprint density at radius 1 is 0.833 bits per heavy atom. The lowest BCUT2D eigenvalue weighted by Gasteiger charge is -2.17. The average molecular weight is 596 g/mol. The highest BCUT2D eigenvalue weighted by Crippen LogP contribution is 2.38. The summed E-state index contributed by atoms with van der Waals surface area (Å²) in [6.07, 6.45) is 0. The number of aromatic nitrogens is 1. The number of thiazole rings is 1. The van der Waals surface area contributed by atoms with Gasteiger partial charge in [-0.05, 0) is 48.9 Å². The summed E-state index contributed by atoms with van der Waals surface area (Å²) < 4.78 is 10.6. The molecule has 0 aliphatic rings. The van der Waals surface area contributed by atoms with Crippen LogP contribution in [0.3, 0.4) is 0 Å². The molecule has 5 aromatic rings. The molecule has 0 spiro atoms. The van der Waals surface area contributed by atoms with Crippen molar-refractivity contribution in [3.8, 4) is 22.8 Å². The van der Waals surface area contributed by atoms with Gasteiger partial charge in [0.1, 0.15) is 5.25 Å². The van der Waals surface area contributed by atoms with Crippen LogP contribution in [0.5, 0.6) is 11.5 Å². The zero-order valence-corrected chi connectivity index (χ0v) is 24.9. The molecule has 7 nitrogen and oxygen atoms in total. The highest BCUT2D eigenvalue weighted by atomic mass is 32.2. The van der Waals surface area contributed by atoms with Gasteiger partial charge in [-0.1, -0.05) is 66.2 Å². The van der Waals surface area contributed by atoms with Crippen molar-refractivity contribution in [2.75, 3.05) is 24.9 Å². The fourth-order valence-electron chi connectivity index (χ4n) is 4.22. The summed E-state index contributed by atoms with van der Waals surface area (Å²) in [5.74, 6) is 0.540. The Hall–Kier alpha value is -4.60. The van der Waals surface area contributed by atoms with E-state index in [1.807, 2.05) is 91.2 Å². The first-order valence-electron chi connectivity index (χ1n) is 13.1. The summed E-state index contributed by atoms with van der Waals surface area (Å²) in [4.78, 5) is 32.1. The number of carbonyl (C=O) groups excluding carboxylic acids is 2. The first-order chi connectivity index (χ1) is 20.4. The highest BCUT2D eigenvalue weighted by Gasteiger charge is 2.23. The van der Waals surface area contributed by atoms with Crippen LogP contribution in [0, 0.1) is 6.92 Å². The zero-order valence-electron chi connectivity index (χ0n) is 23.3. The van der Waals surface area contributed by atoms with Gasteiger partial charge >= 0.3 is 0 Å². The van der Waals surface area contributed by atoms with Gasteiger partial charge in [-0.15, -0.1) is 23.1 Å². The van der Waals surface area contributed by atoms with Crippen LogP contribution in [0.2, 0.25) is 0 Å². The maximum absolute atomic E-state index is 13.6. The molecule has 0 radical (unpaired) electrons. The van der Waals surface area contributed by atoms with E-state index in [0.717, 1.165) is 21.7 Å². The number of benzene rings is 4. The summed E-state index contributed by atoms with van der Waals surface area (Å²) in [6, 6.07) is 30.2. The molecule has 1 unspecified atom stereocenters. The maximum atomic E-state index is 13.6. The summed E-state index contributed by atoms with van der Waals surface area (Å²) in [5, 5.41) is 7.87. The third-order valence-electron chi connectivity index (χ3n) is 6.41. The number of rotatable bonds is 10. The van der Waals surface area contributed by atoms with Gasteiger partial charge in [-0.25, -0.2) is 4.98 Å². The molecule has 2 amide bonds. The molecule has 0 saturated heterocycles. The number of carbonyl (C=O) groups is 2. The molecule has 0 fully saturated rings. The molecule has 0 aliphatic heterocycles. The second-order valence-corrected chi connectivity index (χ2v) is 11.4. The Bertz CT molecular complexity index is 1690. The van der Waals surface area contributed by atoms with Crippen LogP contribution in [0.1, 0.15) is 26.7 Å². The van der Waals surface area contributed by atoms with Crippen molar-refractivity contribution in [3.63, 3.8) is 0 Å². The third kappa shape index (κ3) is 6.99. The minimum Gasteiger partial charge on any atom is -0.493 e. The van der Waals surface area contributed by atoms with E-state index in [9.17, 15) is 9.59 Å². The zero-order chi connectivity index (χ0) is 29.5. The number of anilines is 2. The Morgan fingerprint density at radius 2 is 1.60 bits per heavy atom. The van der Waals surface area contributed by atoms with Crippen molar-refractivity contribution in [2.24, 2.45) is 0 Å². The standard InChI is InChI=1S/C33H29N3O4S2/c1-21-12-14-22(15-13-21)27-20-41-33(35-27)36-32(38)30(23-8-5-4-6-9-23)42-26-11-7-10-25(19-26)34-31(37)24-16-17-28(39-2)29(18-24)40-3/h4-20,30H,1-3H3,(H,34,37)(H,35,36,38). The Balaban J connectivity index is 1.32. The lowest BCUT2D eigenvalue weighted by Crippen LogP contribution is -2.19. The normalized spacial score (nSPS) is 11.4. The summed E-state index contributed by atoms with van der Waals surface area (Å²) >= 11 is 2.79. The molecule has 0 bridgehead atoms. The molecule has 0 aliphatic carbocycles. The van der Waals surface area contributed by atoms with E-state index in [2.05, 4.69) is 15.6 Å². The first-order valence-corrected chi connectivity index (χ1v) is 14.9. The van der Waals surface area contributed by atoms with Gasteiger partial charge in [0, 0.05) is 27.1 Å². The second-order valence-electron chi connectivity index (χ2n) is 9.35. The lowest BCUT2D eigenvalue weighted by molar-refractivity contribution is -0.115. The number of hydrogen-bond donors (Lipinski definition) is 2. The Kier molecular flexibility index (Phi) is 9.21. The van der Waals surface area contributed by atoms with Gasteiger partial charge < -0.3 is 20.1 Å². The minimum atomic E-state index is -0.547. The van der Waals surface area contributed by atoms with E-state index >= 15 is 0 Å². The van der Waals surface area contributed by atoms with Gasteiger partial charge in [0.2, 0.25) is 5.91 Å². The number of nitrogens with one attached hydrogen (secondary N) is 2. The molecule has 212 valence electrons. The largest absolute Gasteiger partial charge is 0.493 e. The van der Waals surface area contributed by atoms with Crippen molar-refractivity contribution in [1.29, 1.82) is 0 Å². The molecule has 5 rings (SSSR count). The topological polar surface area (TPSA) is 89.5 Å². The van der Waals surface area contributed by atoms with Crippen molar-refractivity contribution in [1.82, 2.24) is 4.98 Å². The Morgan fingerprint density at radius 3 is 2.33 bits per heavy atom. The molecule has 1 atom stereocenters. The van der Waals surface area contributed by atoms with Crippen LogP contribution in [0.4, 0.5) is 10.8 Å². The van der Waals surface area contributed by atoms with Gasteiger partial charge in [-0.2, -0.15) is 0 Å². The third-order valence-corrected chi connectivity index (χ3v) is 8.42. The maximum Gasteiger partial charge on any atom is 0.255 e. The van der Waals surface area contributed by atoms with Gasteiger partial charge in [0.25, 0.3) is 5.91 Å². The van der Waals surface area contributed by atoms with Gasteiger partial charge in [-0.3, -0.25) is 9.59 Å². The lowest BCUT2D eigenvalue weighted by atomic mass is 10.1. The molecule has 4 aromatic carbocycles. The van der Waals surface area contributed by atoms with E-state index in [4.69, 9.17) is 9.47 Å². The predicted octanol–water partition coefficient (Wildman–Crippen LogP) is 7.86. The quantitative estimate of drug-likeness (QED) is 0.160. The Labute approximate surface area is 252 Å².